The Kier molecular flexibility index (Phi) is 8.09. The highest BCUT2D eigenvalue weighted by Crippen LogP contribution is 2.32. The first-order valence-corrected chi connectivity index (χ1v) is 7.86. The van der Waals surface area contributed by atoms with Gasteiger partial charge in [-0.2, -0.15) is 0 Å². The first-order chi connectivity index (χ1) is 9.70. The third-order valence-corrected chi connectivity index (χ3v) is 4.11. The standard InChI is InChI=1S/C16H23ClN2O.ClH/c17-13-7-8-14-12(11-13)6-9-15(14)19-16(20)5-3-1-2-4-10-18;/h7-8,11,15H,1-6,9-10,18H2,(H,19,20);1H. The fraction of sp³-hybridized carbons (Fsp3) is 0.562. The van der Waals surface area contributed by atoms with E-state index in [9.17, 15) is 4.79 Å². The van der Waals surface area contributed by atoms with Crippen LogP contribution in [0.1, 0.15) is 55.7 Å². The number of carbonyl (C=O) groups excluding carboxylic acids is 1. The normalized spacial score (nSPS) is 16.2. The van der Waals surface area contributed by atoms with Crippen molar-refractivity contribution in [2.24, 2.45) is 5.73 Å². The summed E-state index contributed by atoms with van der Waals surface area (Å²) in [6.45, 7) is 0.744. The van der Waals surface area contributed by atoms with E-state index in [1.165, 1.54) is 11.1 Å². The predicted molar refractivity (Wildman–Crippen MR) is 90.0 cm³/mol. The number of nitrogens with two attached hydrogens (primary N) is 1. The number of rotatable bonds is 7. The first kappa shape index (κ1) is 18.3. The van der Waals surface area contributed by atoms with Gasteiger partial charge in [0.15, 0.2) is 0 Å². The number of nitrogens with one attached hydrogen (secondary N) is 1. The maximum atomic E-state index is 11.9. The minimum atomic E-state index is 0. The number of hydrogen-bond donors (Lipinski definition) is 2. The number of hydrogen-bond acceptors (Lipinski definition) is 2. The van der Waals surface area contributed by atoms with Gasteiger partial charge in [-0.3, -0.25) is 4.79 Å². The number of carbonyl (C=O) groups is 1. The average molecular weight is 331 g/mol. The summed E-state index contributed by atoms with van der Waals surface area (Å²) in [5, 5.41) is 3.91. The quantitative estimate of drug-likeness (QED) is 0.747. The molecule has 3 N–H and O–H groups in total. The van der Waals surface area contributed by atoms with Crippen molar-refractivity contribution in [2.45, 2.75) is 51.0 Å². The second kappa shape index (κ2) is 9.29. The van der Waals surface area contributed by atoms with Gasteiger partial charge in [-0.25, -0.2) is 0 Å². The second-order valence-electron chi connectivity index (χ2n) is 5.45. The van der Waals surface area contributed by atoms with Gasteiger partial charge in [-0.15, -0.1) is 12.4 Å². The maximum absolute atomic E-state index is 11.9. The summed E-state index contributed by atoms with van der Waals surface area (Å²) in [7, 11) is 0. The molecule has 1 unspecified atom stereocenters. The van der Waals surface area contributed by atoms with Crippen molar-refractivity contribution in [2.75, 3.05) is 6.54 Å². The third kappa shape index (κ3) is 5.50. The van der Waals surface area contributed by atoms with Crippen LogP contribution in [0.2, 0.25) is 5.02 Å². The summed E-state index contributed by atoms with van der Waals surface area (Å²) in [6, 6.07) is 6.11. The van der Waals surface area contributed by atoms with Gasteiger partial charge in [-0.1, -0.05) is 30.5 Å². The van der Waals surface area contributed by atoms with E-state index < -0.39 is 0 Å². The smallest absolute Gasteiger partial charge is 0.220 e. The van der Waals surface area contributed by atoms with Crippen LogP contribution in [0, 0.1) is 0 Å². The Morgan fingerprint density at radius 1 is 1.29 bits per heavy atom. The summed E-state index contributed by atoms with van der Waals surface area (Å²) in [5.41, 5.74) is 7.94. The SMILES string of the molecule is Cl.NCCCCCCC(=O)NC1CCc2cc(Cl)ccc21. The Bertz CT molecular complexity index is 466. The van der Waals surface area contributed by atoms with E-state index in [0.717, 1.165) is 50.1 Å². The van der Waals surface area contributed by atoms with Gasteiger partial charge < -0.3 is 11.1 Å². The number of amides is 1. The molecule has 0 fully saturated rings. The molecule has 1 aliphatic rings. The van der Waals surface area contributed by atoms with Crippen molar-refractivity contribution in [1.29, 1.82) is 0 Å². The van der Waals surface area contributed by atoms with Gasteiger partial charge in [0.2, 0.25) is 5.91 Å². The zero-order chi connectivity index (χ0) is 14.4. The van der Waals surface area contributed by atoms with E-state index in [-0.39, 0.29) is 24.4 Å². The molecule has 1 amide bonds. The summed E-state index contributed by atoms with van der Waals surface area (Å²) in [5.74, 6) is 0.158. The number of fused-ring (bicyclic) bond motifs is 1. The molecule has 0 bridgehead atoms. The Morgan fingerprint density at radius 2 is 2.05 bits per heavy atom. The molecule has 1 aromatic rings. The van der Waals surface area contributed by atoms with Crippen LogP contribution in [0.15, 0.2) is 18.2 Å². The molecule has 0 saturated carbocycles. The molecule has 1 aromatic carbocycles. The van der Waals surface area contributed by atoms with Crippen molar-refractivity contribution in [3.05, 3.63) is 34.3 Å². The fourth-order valence-corrected chi connectivity index (χ4v) is 2.98. The summed E-state index contributed by atoms with van der Waals surface area (Å²) in [4.78, 5) is 11.9. The number of unbranched alkanes of at least 4 members (excludes halogenated alkanes) is 3. The van der Waals surface area contributed by atoms with Crippen LogP contribution < -0.4 is 11.1 Å². The van der Waals surface area contributed by atoms with E-state index >= 15 is 0 Å². The number of aryl methyl sites for hydroxylation is 1. The van der Waals surface area contributed by atoms with Crippen molar-refractivity contribution in [3.8, 4) is 0 Å². The van der Waals surface area contributed by atoms with Gasteiger partial charge in [0.05, 0.1) is 6.04 Å². The highest BCUT2D eigenvalue weighted by Gasteiger charge is 2.23. The molecule has 0 radical (unpaired) electrons. The van der Waals surface area contributed by atoms with Crippen molar-refractivity contribution < 1.29 is 4.79 Å². The average Bonchev–Trinajstić information content (AvgIpc) is 2.81. The van der Waals surface area contributed by atoms with Crippen LogP contribution in [0.4, 0.5) is 0 Å². The molecule has 1 atom stereocenters. The van der Waals surface area contributed by atoms with E-state index in [1.807, 2.05) is 18.2 Å². The molecule has 5 heteroatoms. The summed E-state index contributed by atoms with van der Waals surface area (Å²) in [6.07, 6.45) is 6.80. The molecule has 1 aliphatic carbocycles. The lowest BCUT2D eigenvalue weighted by atomic mass is 10.1. The fourth-order valence-electron chi connectivity index (χ4n) is 2.79. The zero-order valence-electron chi connectivity index (χ0n) is 12.2. The molecule has 0 aliphatic heterocycles. The van der Waals surface area contributed by atoms with Gasteiger partial charge in [0.1, 0.15) is 0 Å². The Balaban J connectivity index is 0.00000220. The zero-order valence-corrected chi connectivity index (χ0v) is 13.8. The van der Waals surface area contributed by atoms with Crippen LogP contribution in [-0.4, -0.2) is 12.5 Å². The Morgan fingerprint density at radius 3 is 2.81 bits per heavy atom. The van der Waals surface area contributed by atoms with Crippen LogP contribution in [-0.2, 0) is 11.2 Å². The molecule has 21 heavy (non-hydrogen) atoms. The lowest BCUT2D eigenvalue weighted by Gasteiger charge is -2.14. The highest BCUT2D eigenvalue weighted by molar-refractivity contribution is 6.30. The first-order valence-electron chi connectivity index (χ1n) is 7.48. The van der Waals surface area contributed by atoms with Crippen molar-refractivity contribution in [3.63, 3.8) is 0 Å². The topological polar surface area (TPSA) is 55.1 Å². The molecule has 3 nitrogen and oxygen atoms in total. The number of benzene rings is 1. The second-order valence-corrected chi connectivity index (χ2v) is 5.89. The van der Waals surface area contributed by atoms with Gasteiger partial charge in [0.25, 0.3) is 0 Å². The Labute approximate surface area is 138 Å². The van der Waals surface area contributed by atoms with Gasteiger partial charge in [-0.05, 0) is 55.5 Å². The third-order valence-electron chi connectivity index (χ3n) is 3.88. The molecule has 0 aromatic heterocycles. The summed E-state index contributed by atoms with van der Waals surface area (Å²) < 4.78 is 0. The monoisotopic (exact) mass is 330 g/mol. The van der Waals surface area contributed by atoms with E-state index in [0.29, 0.717) is 6.42 Å². The van der Waals surface area contributed by atoms with Gasteiger partial charge in [0, 0.05) is 11.4 Å². The Hall–Kier alpha value is -0.770. The van der Waals surface area contributed by atoms with Gasteiger partial charge >= 0.3 is 0 Å². The minimum Gasteiger partial charge on any atom is -0.349 e. The minimum absolute atomic E-state index is 0. The van der Waals surface area contributed by atoms with Crippen LogP contribution in [0.25, 0.3) is 0 Å². The molecule has 0 heterocycles. The highest BCUT2D eigenvalue weighted by atomic mass is 35.5. The summed E-state index contributed by atoms with van der Waals surface area (Å²) >= 11 is 5.99. The lowest BCUT2D eigenvalue weighted by molar-refractivity contribution is -0.121. The van der Waals surface area contributed by atoms with E-state index in [1.54, 1.807) is 0 Å². The molecule has 118 valence electrons. The molecule has 0 spiro atoms. The van der Waals surface area contributed by atoms with E-state index in [2.05, 4.69) is 5.32 Å². The van der Waals surface area contributed by atoms with Crippen LogP contribution in [0.5, 0.6) is 0 Å². The van der Waals surface area contributed by atoms with Crippen molar-refractivity contribution in [1.82, 2.24) is 5.32 Å². The van der Waals surface area contributed by atoms with Crippen LogP contribution in [0.3, 0.4) is 0 Å². The lowest BCUT2D eigenvalue weighted by Crippen LogP contribution is -2.26. The van der Waals surface area contributed by atoms with Crippen molar-refractivity contribution >= 4 is 29.9 Å². The molecular formula is C16H24Cl2N2O. The van der Waals surface area contributed by atoms with E-state index in [4.69, 9.17) is 17.3 Å². The largest absolute Gasteiger partial charge is 0.349 e. The van der Waals surface area contributed by atoms with Crippen LogP contribution >= 0.6 is 24.0 Å². The molecule has 0 saturated heterocycles. The molecule has 2 rings (SSSR count). The maximum Gasteiger partial charge on any atom is 0.220 e. The molecular weight excluding hydrogens is 307 g/mol. The predicted octanol–water partition coefficient (Wildman–Crippen LogP) is 3.77. The number of halogens is 2.